The van der Waals surface area contributed by atoms with Crippen molar-refractivity contribution in [3.8, 4) is 5.75 Å². The number of Topliss-reactive ketones (excluding diaryl/α,β-unsaturated/α-hetero) is 1. The van der Waals surface area contributed by atoms with E-state index < -0.39 is 34.7 Å². The van der Waals surface area contributed by atoms with E-state index >= 15 is 0 Å². The van der Waals surface area contributed by atoms with Gasteiger partial charge in [-0.2, -0.15) is 0 Å². The number of fused-ring (bicyclic) bond motifs is 5. The number of hydrogen-bond acceptors (Lipinski definition) is 8. The Bertz CT molecular complexity index is 1610. The van der Waals surface area contributed by atoms with Crippen molar-refractivity contribution in [2.45, 2.75) is 76.3 Å². The Morgan fingerprint density at radius 3 is 2.49 bits per heavy atom. The number of aliphatic hydroxyl groups is 1. The summed E-state index contributed by atoms with van der Waals surface area (Å²) in [7, 11) is 0. The van der Waals surface area contributed by atoms with E-state index in [1.54, 1.807) is 51.1 Å². The molecule has 3 aromatic rings. The summed E-state index contributed by atoms with van der Waals surface area (Å²) in [5, 5.41) is 18.4. The van der Waals surface area contributed by atoms with Gasteiger partial charge < -0.3 is 30.2 Å². The van der Waals surface area contributed by atoms with E-state index in [0.717, 1.165) is 11.1 Å². The molecule has 5 rings (SSSR count). The van der Waals surface area contributed by atoms with Crippen LogP contribution in [0.25, 0.3) is 0 Å². The second-order valence-corrected chi connectivity index (χ2v) is 13.1. The highest BCUT2D eigenvalue weighted by Gasteiger charge is 2.71. The van der Waals surface area contributed by atoms with Crippen molar-refractivity contribution in [2.24, 2.45) is 0 Å². The van der Waals surface area contributed by atoms with Crippen molar-refractivity contribution in [3.05, 3.63) is 81.5 Å². The summed E-state index contributed by atoms with van der Waals surface area (Å²) < 4.78 is 14.6. The number of hydrogen-bond donors (Lipinski definition) is 5. The average molecular weight is 607 g/mol. The van der Waals surface area contributed by atoms with Crippen LogP contribution < -0.4 is 20.1 Å². The molecule has 10 nitrogen and oxygen atoms in total. The number of rotatable bonds is 8. The first-order chi connectivity index (χ1) is 20.2. The maximum absolute atomic E-state index is 14.1. The van der Waals surface area contributed by atoms with Crippen molar-refractivity contribution in [1.29, 1.82) is 0 Å². The highest BCUT2D eigenvalue weighted by Crippen LogP contribution is 2.58. The molecule has 2 heterocycles. The van der Waals surface area contributed by atoms with Crippen LogP contribution in [-0.4, -0.2) is 46.6 Å². The first kappa shape index (κ1) is 30.7. The molecule has 0 radical (unpaired) electrons. The van der Waals surface area contributed by atoms with Crippen LogP contribution in [-0.2, 0) is 16.1 Å². The van der Waals surface area contributed by atoms with Gasteiger partial charge in [0.2, 0.25) is 11.3 Å². The summed E-state index contributed by atoms with van der Waals surface area (Å²) in [6, 6.07) is 12.2. The molecule has 0 bridgehead atoms. The van der Waals surface area contributed by atoms with E-state index in [9.17, 15) is 19.5 Å². The zero-order valence-electron chi connectivity index (χ0n) is 25.4. The molecule has 228 valence electrons. The standard InChI is InChI=1S/C32H38N4O6S/c1-17(2)20-12-13-23-24(16-20)41-32(40)22-11-9-8-10-21(22)26(37)31(23,32)36-27(38)25-18(3)19(4)28(35-25)43-34-15-14-33-29(39)42-30(5,6)7/h8-13,16-17,34-35,40H,14-15H2,1-7H3,(H,33,39)(H,36,38). The third-order valence-electron chi connectivity index (χ3n) is 7.83. The van der Waals surface area contributed by atoms with E-state index in [-0.39, 0.29) is 11.6 Å². The highest BCUT2D eigenvalue weighted by molar-refractivity contribution is 7.97. The Labute approximate surface area is 255 Å². The minimum Gasteiger partial charge on any atom is -0.454 e. The fraction of sp³-hybridized carbons (Fsp3) is 0.406. The minimum absolute atomic E-state index is 0.194. The second kappa shape index (κ2) is 11.0. The van der Waals surface area contributed by atoms with Gasteiger partial charge in [0, 0.05) is 29.8 Å². The van der Waals surface area contributed by atoms with Crippen LogP contribution in [0.3, 0.4) is 0 Å². The van der Waals surface area contributed by atoms with Crippen molar-refractivity contribution in [3.63, 3.8) is 0 Å². The molecule has 2 amide bonds. The first-order valence-corrected chi connectivity index (χ1v) is 15.1. The average Bonchev–Trinajstić information content (AvgIpc) is 3.43. The van der Waals surface area contributed by atoms with Crippen molar-refractivity contribution >= 4 is 29.7 Å². The Morgan fingerprint density at radius 2 is 1.79 bits per heavy atom. The number of aromatic nitrogens is 1. The fourth-order valence-electron chi connectivity index (χ4n) is 5.50. The van der Waals surface area contributed by atoms with Crippen LogP contribution in [0.1, 0.15) is 89.2 Å². The van der Waals surface area contributed by atoms with E-state index in [4.69, 9.17) is 9.47 Å². The lowest BCUT2D eigenvalue weighted by Gasteiger charge is -2.34. The predicted molar refractivity (Wildman–Crippen MR) is 163 cm³/mol. The molecule has 2 aliphatic rings. The number of amides is 2. The number of H-pyrrole nitrogens is 1. The van der Waals surface area contributed by atoms with Gasteiger partial charge in [-0.1, -0.05) is 50.2 Å². The number of nitrogens with one attached hydrogen (secondary N) is 4. The molecule has 1 aliphatic carbocycles. The quantitative estimate of drug-likeness (QED) is 0.179. The molecular weight excluding hydrogens is 568 g/mol. The summed E-state index contributed by atoms with van der Waals surface area (Å²) in [6.45, 7) is 14.0. The Kier molecular flexibility index (Phi) is 7.87. The third kappa shape index (κ3) is 5.19. The highest BCUT2D eigenvalue weighted by atomic mass is 32.2. The van der Waals surface area contributed by atoms with Crippen LogP contribution >= 0.6 is 11.9 Å². The molecule has 11 heteroatoms. The number of aromatic amines is 1. The predicted octanol–water partition coefficient (Wildman–Crippen LogP) is 4.94. The lowest BCUT2D eigenvalue weighted by atomic mass is 9.82. The Hall–Kier alpha value is -3.80. The maximum atomic E-state index is 14.1. The van der Waals surface area contributed by atoms with E-state index in [2.05, 4.69) is 20.3 Å². The second-order valence-electron chi connectivity index (χ2n) is 12.2. The summed E-state index contributed by atoms with van der Waals surface area (Å²) in [5.41, 5.74) is 1.36. The van der Waals surface area contributed by atoms with E-state index in [0.29, 0.717) is 46.1 Å². The monoisotopic (exact) mass is 606 g/mol. The number of ether oxygens (including phenoxy) is 2. The smallest absolute Gasteiger partial charge is 0.407 e. The summed E-state index contributed by atoms with van der Waals surface area (Å²) in [6.07, 6.45) is -0.494. The topological polar surface area (TPSA) is 142 Å². The van der Waals surface area contributed by atoms with E-state index in [1.807, 2.05) is 39.8 Å². The minimum atomic E-state index is -2.12. The zero-order valence-corrected chi connectivity index (χ0v) is 26.2. The van der Waals surface area contributed by atoms with Crippen molar-refractivity contribution in [1.82, 2.24) is 20.3 Å². The largest absolute Gasteiger partial charge is 0.454 e. The molecule has 1 aliphatic heterocycles. The van der Waals surface area contributed by atoms with Crippen LogP contribution in [0.2, 0.25) is 0 Å². The van der Waals surface area contributed by atoms with Gasteiger partial charge in [0.25, 0.3) is 11.7 Å². The van der Waals surface area contributed by atoms with Gasteiger partial charge in [-0.15, -0.1) is 0 Å². The molecule has 5 N–H and O–H groups in total. The van der Waals surface area contributed by atoms with Gasteiger partial charge >= 0.3 is 6.09 Å². The van der Waals surface area contributed by atoms with Crippen LogP contribution in [0, 0.1) is 13.8 Å². The molecule has 2 aromatic carbocycles. The summed E-state index contributed by atoms with van der Waals surface area (Å²) in [4.78, 5) is 43.1. The molecule has 1 aromatic heterocycles. The molecule has 2 unspecified atom stereocenters. The molecule has 0 fully saturated rings. The van der Waals surface area contributed by atoms with Crippen LogP contribution in [0.5, 0.6) is 5.75 Å². The van der Waals surface area contributed by atoms with E-state index in [1.165, 1.54) is 11.9 Å². The summed E-state index contributed by atoms with van der Waals surface area (Å²) >= 11 is 1.29. The van der Waals surface area contributed by atoms with Crippen LogP contribution in [0.15, 0.2) is 47.5 Å². The molecule has 0 saturated heterocycles. The normalized spacial score (nSPS) is 20.3. The third-order valence-corrected chi connectivity index (χ3v) is 8.79. The number of carbonyl (C=O) groups is 3. The lowest BCUT2D eigenvalue weighted by Crippen LogP contribution is -2.60. The number of ketones is 1. The van der Waals surface area contributed by atoms with Crippen molar-refractivity contribution < 1.29 is 29.0 Å². The number of benzene rings is 2. The summed E-state index contributed by atoms with van der Waals surface area (Å²) in [5.74, 6) is -2.56. The molecule has 2 atom stereocenters. The maximum Gasteiger partial charge on any atom is 0.407 e. The Morgan fingerprint density at radius 1 is 1.07 bits per heavy atom. The lowest BCUT2D eigenvalue weighted by molar-refractivity contribution is -0.169. The van der Waals surface area contributed by atoms with Crippen LogP contribution in [0.4, 0.5) is 4.79 Å². The molecule has 43 heavy (non-hydrogen) atoms. The Balaban J connectivity index is 1.38. The van der Waals surface area contributed by atoms with Gasteiger partial charge in [0.1, 0.15) is 17.0 Å². The van der Waals surface area contributed by atoms with Gasteiger partial charge in [0.05, 0.1) is 5.03 Å². The fourth-order valence-corrected chi connectivity index (χ4v) is 6.31. The SMILES string of the molecule is Cc1c(SNCCNC(=O)OC(C)(C)C)[nH]c(C(=O)NC23C(=O)c4ccccc4C2(O)Oc2cc(C(C)C)ccc23)c1C. The van der Waals surface area contributed by atoms with Gasteiger partial charge in [-0.05, 0) is 75.2 Å². The van der Waals surface area contributed by atoms with Gasteiger partial charge in [-0.3, -0.25) is 14.3 Å². The number of alkyl carbamates (subject to hydrolysis) is 1. The molecule has 0 saturated carbocycles. The van der Waals surface area contributed by atoms with Crippen molar-refractivity contribution in [2.75, 3.05) is 13.1 Å². The zero-order chi connectivity index (χ0) is 31.3. The van der Waals surface area contributed by atoms with Gasteiger partial charge in [0.15, 0.2) is 0 Å². The molecule has 0 spiro atoms. The van der Waals surface area contributed by atoms with Gasteiger partial charge in [-0.25, -0.2) is 4.79 Å². The first-order valence-electron chi connectivity index (χ1n) is 14.3. The number of carbonyl (C=O) groups excluding carboxylic acids is 3. The molecular formula is C32H38N4O6S.